The van der Waals surface area contributed by atoms with Crippen LogP contribution in [-0.4, -0.2) is 31.6 Å². The van der Waals surface area contributed by atoms with E-state index in [4.69, 9.17) is 4.74 Å². The lowest BCUT2D eigenvalue weighted by atomic mass is 10.1. The fourth-order valence-corrected chi connectivity index (χ4v) is 3.29. The Balaban J connectivity index is 1.52. The van der Waals surface area contributed by atoms with Gasteiger partial charge in [-0.2, -0.15) is 0 Å². The Morgan fingerprint density at radius 1 is 1.00 bits per heavy atom. The smallest absolute Gasteiger partial charge is 0.246 e. The van der Waals surface area contributed by atoms with Gasteiger partial charge in [-0.1, -0.05) is 0 Å². The molecule has 27 heavy (non-hydrogen) atoms. The first-order chi connectivity index (χ1) is 13.2. The number of ether oxygens (including phenoxy) is 1. The molecule has 2 N–H and O–H groups in total. The Morgan fingerprint density at radius 2 is 1.63 bits per heavy atom. The zero-order chi connectivity index (χ0) is 19.1. The molecule has 144 valence electrons. The van der Waals surface area contributed by atoms with E-state index in [1.54, 1.807) is 0 Å². The lowest BCUT2D eigenvalue weighted by molar-refractivity contribution is -0.116. The average molecular weight is 367 g/mol. The van der Waals surface area contributed by atoms with Crippen molar-refractivity contribution in [2.45, 2.75) is 39.2 Å². The molecule has 0 aromatic heterocycles. The number of carbonyl (C=O) groups excluding carboxylic acids is 1. The van der Waals surface area contributed by atoms with Crippen LogP contribution in [0.2, 0.25) is 0 Å². The maximum absolute atomic E-state index is 12.4. The van der Waals surface area contributed by atoms with E-state index in [0.717, 1.165) is 30.2 Å². The fourth-order valence-electron chi connectivity index (χ4n) is 3.29. The molecule has 1 saturated heterocycles. The molecule has 0 bridgehead atoms. The molecule has 5 heteroatoms. The molecule has 2 aromatic rings. The van der Waals surface area contributed by atoms with Gasteiger partial charge >= 0.3 is 0 Å². The van der Waals surface area contributed by atoms with Crippen molar-refractivity contribution in [3.63, 3.8) is 0 Å². The van der Waals surface area contributed by atoms with Crippen LogP contribution in [0.5, 0.6) is 5.75 Å². The SMILES string of the molecule is CCOc1ccc(NC(=O)[C@@H](C)Nc2ccc(N3CCCCC3)cc2)cc1. The Labute approximate surface area is 161 Å². The number of nitrogens with one attached hydrogen (secondary N) is 2. The molecular formula is C22H29N3O2. The maximum Gasteiger partial charge on any atom is 0.246 e. The van der Waals surface area contributed by atoms with Crippen LogP contribution in [0.15, 0.2) is 48.5 Å². The van der Waals surface area contributed by atoms with E-state index in [9.17, 15) is 4.79 Å². The van der Waals surface area contributed by atoms with Gasteiger partial charge in [0, 0.05) is 30.2 Å². The number of hydrogen-bond acceptors (Lipinski definition) is 4. The van der Waals surface area contributed by atoms with Crippen molar-refractivity contribution in [2.24, 2.45) is 0 Å². The predicted octanol–water partition coefficient (Wildman–Crippen LogP) is 4.51. The largest absolute Gasteiger partial charge is 0.494 e. The molecule has 0 radical (unpaired) electrons. The first-order valence-electron chi connectivity index (χ1n) is 9.81. The van der Waals surface area contributed by atoms with Crippen molar-refractivity contribution < 1.29 is 9.53 Å². The second kappa shape index (κ2) is 9.31. The number of anilines is 3. The topological polar surface area (TPSA) is 53.6 Å². The van der Waals surface area contributed by atoms with Crippen LogP contribution in [0, 0.1) is 0 Å². The van der Waals surface area contributed by atoms with Gasteiger partial charge in [-0.3, -0.25) is 4.79 Å². The van der Waals surface area contributed by atoms with E-state index in [1.165, 1.54) is 24.9 Å². The van der Waals surface area contributed by atoms with E-state index in [-0.39, 0.29) is 11.9 Å². The second-order valence-electron chi connectivity index (χ2n) is 6.91. The number of hydrogen-bond donors (Lipinski definition) is 2. The summed E-state index contributed by atoms with van der Waals surface area (Å²) in [6.07, 6.45) is 3.86. The van der Waals surface area contributed by atoms with E-state index >= 15 is 0 Å². The normalized spacial score (nSPS) is 15.1. The third-order valence-electron chi connectivity index (χ3n) is 4.80. The van der Waals surface area contributed by atoms with E-state index < -0.39 is 0 Å². The van der Waals surface area contributed by atoms with Crippen molar-refractivity contribution in [2.75, 3.05) is 35.2 Å². The van der Waals surface area contributed by atoms with Crippen molar-refractivity contribution in [3.05, 3.63) is 48.5 Å². The molecule has 0 aliphatic carbocycles. The van der Waals surface area contributed by atoms with E-state index in [1.807, 2.05) is 50.2 Å². The van der Waals surface area contributed by atoms with Crippen molar-refractivity contribution in [3.8, 4) is 5.75 Å². The molecule has 1 aliphatic rings. The van der Waals surface area contributed by atoms with Gasteiger partial charge in [0.1, 0.15) is 11.8 Å². The standard InChI is InChI=1S/C22H29N3O2/c1-3-27-21-13-9-19(10-14-21)24-22(26)17(2)23-18-7-11-20(12-8-18)25-15-5-4-6-16-25/h7-14,17,23H,3-6,15-16H2,1-2H3,(H,24,26)/t17-/m1/s1. The van der Waals surface area contributed by atoms with Gasteiger partial charge in [0.05, 0.1) is 6.61 Å². The third-order valence-corrected chi connectivity index (χ3v) is 4.80. The first-order valence-corrected chi connectivity index (χ1v) is 9.81. The van der Waals surface area contributed by atoms with Crippen molar-refractivity contribution in [1.29, 1.82) is 0 Å². The molecule has 1 aliphatic heterocycles. The van der Waals surface area contributed by atoms with Crippen LogP contribution in [0.4, 0.5) is 17.1 Å². The van der Waals surface area contributed by atoms with Crippen LogP contribution in [0.3, 0.4) is 0 Å². The van der Waals surface area contributed by atoms with Gasteiger partial charge in [-0.15, -0.1) is 0 Å². The highest BCUT2D eigenvalue weighted by Gasteiger charge is 2.14. The van der Waals surface area contributed by atoms with Crippen LogP contribution >= 0.6 is 0 Å². The highest BCUT2D eigenvalue weighted by atomic mass is 16.5. The minimum Gasteiger partial charge on any atom is -0.494 e. The number of rotatable bonds is 7. The zero-order valence-electron chi connectivity index (χ0n) is 16.2. The second-order valence-corrected chi connectivity index (χ2v) is 6.91. The van der Waals surface area contributed by atoms with Gasteiger partial charge in [0.25, 0.3) is 0 Å². The van der Waals surface area contributed by atoms with Crippen molar-refractivity contribution in [1.82, 2.24) is 0 Å². The van der Waals surface area contributed by atoms with Crippen LogP contribution < -0.4 is 20.3 Å². The summed E-state index contributed by atoms with van der Waals surface area (Å²) >= 11 is 0. The number of piperidine rings is 1. The summed E-state index contributed by atoms with van der Waals surface area (Å²) in [5.41, 5.74) is 2.97. The summed E-state index contributed by atoms with van der Waals surface area (Å²) in [6.45, 7) is 6.70. The highest BCUT2D eigenvalue weighted by Crippen LogP contribution is 2.22. The van der Waals surface area contributed by atoms with Crippen LogP contribution in [0.1, 0.15) is 33.1 Å². The third kappa shape index (κ3) is 5.39. The minimum absolute atomic E-state index is 0.0701. The summed E-state index contributed by atoms with van der Waals surface area (Å²) in [6, 6.07) is 15.4. The Hall–Kier alpha value is -2.69. The predicted molar refractivity (Wildman–Crippen MR) is 112 cm³/mol. The van der Waals surface area contributed by atoms with Crippen LogP contribution in [0.25, 0.3) is 0 Å². The summed E-state index contributed by atoms with van der Waals surface area (Å²) in [7, 11) is 0. The molecule has 1 amide bonds. The fraction of sp³-hybridized carbons (Fsp3) is 0.409. The summed E-state index contributed by atoms with van der Waals surface area (Å²) < 4.78 is 5.42. The molecule has 3 rings (SSSR count). The van der Waals surface area contributed by atoms with Crippen molar-refractivity contribution >= 4 is 23.0 Å². The zero-order valence-corrected chi connectivity index (χ0v) is 16.2. The number of nitrogens with zero attached hydrogens (tertiary/aromatic N) is 1. The molecular weight excluding hydrogens is 338 g/mol. The Kier molecular flexibility index (Phi) is 6.58. The lowest BCUT2D eigenvalue weighted by Crippen LogP contribution is -2.32. The summed E-state index contributed by atoms with van der Waals surface area (Å²) in [5.74, 6) is 0.731. The van der Waals surface area contributed by atoms with Gasteiger partial charge in [-0.25, -0.2) is 0 Å². The molecule has 0 saturated carbocycles. The molecule has 2 aromatic carbocycles. The molecule has 1 heterocycles. The maximum atomic E-state index is 12.4. The minimum atomic E-state index is -0.336. The van der Waals surface area contributed by atoms with Crippen LogP contribution in [-0.2, 0) is 4.79 Å². The summed E-state index contributed by atoms with van der Waals surface area (Å²) in [5, 5.41) is 6.20. The monoisotopic (exact) mass is 367 g/mol. The number of carbonyl (C=O) groups is 1. The summed E-state index contributed by atoms with van der Waals surface area (Å²) in [4.78, 5) is 14.9. The first kappa shape index (κ1) is 19.1. The average Bonchev–Trinajstić information content (AvgIpc) is 2.71. The van der Waals surface area contributed by atoms with Gasteiger partial charge in [-0.05, 0) is 81.6 Å². The van der Waals surface area contributed by atoms with E-state index in [2.05, 4.69) is 27.7 Å². The number of benzene rings is 2. The molecule has 0 unspecified atom stereocenters. The molecule has 5 nitrogen and oxygen atoms in total. The molecule has 1 fully saturated rings. The Bertz CT molecular complexity index is 722. The van der Waals surface area contributed by atoms with Gasteiger partial charge in [0.15, 0.2) is 0 Å². The highest BCUT2D eigenvalue weighted by molar-refractivity contribution is 5.96. The molecule has 1 atom stereocenters. The lowest BCUT2D eigenvalue weighted by Gasteiger charge is -2.29. The molecule has 0 spiro atoms. The van der Waals surface area contributed by atoms with Gasteiger partial charge < -0.3 is 20.3 Å². The quantitative estimate of drug-likeness (QED) is 0.756. The number of amides is 1. The van der Waals surface area contributed by atoms with E-state index in [0.29, 0.717) is 6.61 Å². The Morgan fingerprint density at radius 3 is 2.26 bits per heavy atom. The van der Waals surface area contributed by atoms with Gasteiger partial charge in [0.2, 0.25) is 5.91 Å².